The standard InChI is InChI=1S/C55H59Cl3N4O14/c1-3-28-68-51-45(60-53(63)72-36-55(56,57)58)50(76-54(64)71-33-40-22-14-7-15-23-40)48(44(73-51)35-67-30-38-18-10-5-11-19-38)75-52-46(61-62-59)49(70-31-39-20-12-6-13-21-39)47(69-32-41-24-26-42(65-2)27-25-41)43(74-52)34-66-29-37-16-8-4-9-17-37/h3-27,43-52H,1,28-36H2,2H3,(H,60,63)/t43-,44-,45-,46-,47-,48-,49-,50-,51+,52?/m1/s1. The molecule has 2 saturated heterocycles. The van der Waals surface area contributed by atoms with Crippen LogP contribution in [0.3, 0.4) is 0 Å². The molecule has 2 heterocycles. The van der Waals surface area contributed by atoms with Crippen molar-refractivity contribution >= 4 is 47.1 Å². The van der Waals surface area contributed by atoms with E-state index in [0.717, 1.165) is 22.3 Å². The van der Waals surface area contributed by atoms with Gasteiger partial charge in [0.05, 0.1) is 53.4 Å². The summed E-state index contributed by atoms with van der Waals surface area (Å²) in [5, 5.41) is 6.92. The minimum Gasteiger partial charge on any atom is -0.497 e. The average molecular weight is 1110 g/mol. The maximum atomic E-state index is 14.0. The van der Waals surface area contributed by atoms with Crippen LogP contribution in [0.5, 0.6) is 5.75 Å². The van der Waals surface area contributed by atoms with Gasteiger partial charge in [-0.2, -0.15) is 0 Å². The molecule has 0 aromatic heterocycles. The Bertz CT molecular complexity index is 2570. The van der Waals surface area contributed by atoms with Crippen LogP contribution in [-0.2, 0) is 85.1 Å². The van der Waals surface area contributed by atoms with E-state index in [4.69, 9.17) is 91.6 Å². The molecule has 0 saturated carbocycles. The molecule has 0 radical (unpaired) electrons. The SMILES string of the molecule is C=CCO[C@H]1O[C@H](COCc2ccccc2)[C@@H](OC2O[C@H](COCc3ccccc3)[C@@H](OCc3ccc(OC)cc3)[C@H](OCc3ccccc3)[C@H]2N=[N+]=[N-])[C@H](OC(=O)OCc2ccccc2)[C@H]1NC(=O)OCC(Cl)(Cl)Cl. The molecule has 0 spiro atoms. The number of nitrogens with zero attached hydrogens (tertiary/aromatic N) is 3. The van der Waals surface area contributed by atoms with Crippen LogP contribution in [0.4, 0.5) is 9.59 Å². The third kappa shape index (κ3) is 18.1. The highest BCUT2D eigenvalue weighted by molar-refractivity contribution is 6.67. The summed E-state index contributed by atoms with van der Waals surface area (Å²) in [6.45, 7) is 2.94. The fraction of sp³-hybridized carbons (Fsp3) is 0.382. The van der Waals surface area contributed by atoms with Gasteiger partial charge in [-0.1, -0.05) is 179 Å². The first-order valence-corrected chi connectivity index (χ1v) is 25.4. The zero-order valence-corrected chi connectivity index (χ0v) is 43.7. The minimum atomic E-state index is -1.99. The second kappa shape index (κ2) is 30.1. The number of methoxy groups -OCH3 is 1. The second-order valence-corrected chi connectivity index (χ2v) is 19.9. The van der Waals surface area contributed by atoms with Crippen molar-refractivity contribution in [1.29, 1.82) is 0 Å². The van der Waals surface area contributed by atoms with E-state index in [1.807, 2.05) is 121 Å². The Labute approximate surface area is 455 Å². The molecule has 1 N–H and O–H groups in total. The summed E-state index contributed by atoms with van der Waals surface area (Å²) in [7, 11) is 1.58. The molecule has 0 aliphatic carbocycles. The number of rotatable bonds is 26. The maximum absolute atomic E-state index is 14.0. The van der Waals surface area contributed by atoms with Gasteiger partial charge in [0.15, 0.2) is 18.7 Å². The first-order valence-electron chi connectivity index (χ1n) is 24.2. The third-order valence-electron chi connectivity index (χ3n) is 11.9. The van der Waals surface area contributed by atoms with Crippen LogP contribution < -0.4 is 10.1 Å². The largest absolute Gasteiger partial charge is 0.509 e. The van der Waals surface area contributed by atoms with E-state index in [9.17, 15) is 15.1 Å². The van der Waals surface area contributed by atoms with E-state index < -0.39 is 83.9 Å². The predicted molar refractivity (Wildman–Crippen MR) is 280 cm³/mol. The van der Waals surface area contributed by atoms with E-state index in [0.29, 0.717) is 11.3 Å². The number of hydrogen-bond acceptors (Lipinski definition) is 15. The van der Waals surface area contributed by atoms with Crippen molar-refractivity contribution in [3.8, 4) is 5.75 Å². The van der Waals surface area contributed by atoms with Gasteiger partial charge in [0.2, 0.25) is 3.79 Å². The normalized spacial score (nSPS) is 23.3. The van der Waals surface area contributed by atoms with E-state index in [2.05, 4.69) is 21.9 Å². The molecule has 2 aliphatic rings. The molecule has 10 atom stereocenters. The maximum Gasteiger partial charge on any atom is 0.509 e. The average Bonchev–Trinajstić information content (AvgIpc) is 3.45. The van der Waals surface area contributed by atoms with Crippen molar-refractivity contribution in [2.24, 2.45) is 5.11 Å². The van der Waals surface area contributed by atoms with Crippen molar-refractivity contribution in [2.45, 2.75) is 98.1 Å². The monoisotopic (exact) mass is 1100 g/mol. The van der Waals surface area contributed by atoms with E-state index in [-0.39, 0.29) is 52.9 Å². The minimum absolute atomic E-state index is 0.0434. The molecule has 76 heavy (non-hydrogen) atoms. The molecule has 7 rings (SSSR count). The lowest BCUT2D eigenvalue weighted by molar-refractivity contribution is -0.337. The molecule has 18 nitrogen and oxygen atoms in total. The van der Waals surface area contributed by atoms with Gasteiger partial charge >= 0.3 is 12.2 Å². The lowest BCUT2D eigenvalue weighted by Gasteiger charge is -2.49. The lowest BCUT2D eigenvalue weighted by Crippen LogP contribution is -2.68. The van der Waals surface area contributed by atoms with Crippen molar-refractivity contribution in [1.82, 2.24) is 5.32 Å². The van der Waals surface area contributed by atoms with Crippen molar-refractivity contribution in [3.05, 3.63) is 197 Å². The summed E-state index contributed by atoms with van der Waals surface area (Å²) in [5.74, 6) is 0.655. The zero-order valence-electron chi connectivity index (χ0n) is 41.5. The number of azide groups is 1. The van der Waals surface area contributed by atoms with Gasteiger partial charge in [-0.15, -0.1) is 6.58 Å². The number of carbonyl (C=O) groups is 2. The summed E-state index contributed by atoms with van der Waals surface area (Å²) in [6.07, 6.45) is -11.1. The molecule has 5 aromatic carbocycles. The molecule has 404 valence electrons. The van der Waals surface area contributed by atoms with Gasteiger partial charge in [0.1, 0.15) is 61.6 Å². The van der Waals surface area contributed by atoms with Crippen molar-refractivity contribution in [3.63, 3.8) is 0 Å². The number of nitrogens with one attached hydrogen (secondary N) is 1. The summed E-state index contributed by atoms with van der Waals surface area (Å²) in [5.41, 5.74) is 14.3. The highest BCUT2D eigenvalue weighted by Gasteiger charge is 2.55. The molecule has 21 heteroatoms. The van der Waals surface area contributed by atoms with Gasteiger partial charge < -0.3 is 62.2 Å². The van der Waals surface area contributed by atoms with Crippen molar-refractivity contribution < 1.29 is 66.4 Å². The van der Waals surface area contributed by atoms with Crippen LogP contribution in [0.2, 0.25) is 0 Å². The first kappa shape index (κ1) is 57.7. The molecule has 1 unspecified atom stereocenters. The number of hydrogen-bond donors (Lipinski definition) is 1. The number of carbonyl (C=O) groups excluding carboxylic acids is 2. The van der Waals surface area contributed by atoms with Crippen LogP contribution in [0, 0.1) is 0 Å². The Morgan fingerprint density at radius 2 is 1.14 bits per heavy atom. The predicted octanol–water partition coefficient (Wildman–Crippen LogP) is 10.5. The molecular formula is C55H59Cl3N4O14. The van der Waals surface area contributed by atoms with Gasteiger partial charge in [-0.05, 0) is 45.5 Å². The third-order valence-corrected chi connectivity index (χ3v) is 12.2. The van der Waals surface area contributed by atoms with Crippen LogP contribution in [0.15, 0.2) is 163 Å². The summed E-state index contributed by atoms with van der Waals surface area (Å²) in [4.78, 5) is 31.0. The molecule has 2 aliphatic heterocycles. The molecular weight excluding hydrogens is 1050 g/mol. The van der Waals surface area contributed by atoms with E-state index in [1.54, 1.807) is 31.4 Å². The molecule has 1 amide bonds. The number of ether oxygens (including phenoxy) is 12. The Morgan fingerprint density at radius 1 is 0.645 bits per heavy atom. The van der Waals surface area contributed by atoms with E-state index in [1.165, 1.54) is 6.08 Å². The van der Waals surface area contributed by atoms with Crippen molar-refractivity contribution in [2.75, 3.05) is 33.5 Å². The topological polar surface area (TPSA) is 206 Å². The Kier molecular flexibility index (Phi) is 22.9. The Hall–Kier alpha value is -5.96. The smallest absolute Gasteiger partial charge is 0.497 e. The summed E-state index contributed by atoms with van der Waals surface area (Å²) >= 11 is 17.9. The summed E-state index contributed by atoms with van der Waals surface area (Å²) < 4.78 is 73.3. The highest BCUT2D eigenvalue weighted by Crippen LogP contribution is 2.36. The number of alkyl carbamates (subject to hydrolysis) is 1. The molecule has 2 fully saturated rings. The molecule has 5 aromatic rings. The fourth-order valence-corrected chi connectivity index (χ4v) is 8.43. The van der Waals surface area contributed by atoms with Gasteiger partial charge in [0.25, 0.3) is 0 Å². The van der Waals surface area contributed by atoms with Crippen LogP contribution in [0.25, 0.3) is 10.4 Å². The van der Waals surface area contributed by atoms with E-state index >= 15 is 0 Å². The highest BCUT2D eigenvalue weighted by atomic mass is 35.6. The van der Waals surface area contributed by atoms with Crippen LogP contribution >= 0.6 is 34.8 Å². The molecule has 0 bridgehead atoms. The van der Waals surface area contributed by atoms with Crippen LogP contribution in [-0.4, -0.2) is 111 Å². The lowest BCUT2D eigenvalue weighted by atomic mass is 9.94. The van der Waals surface area contributed by atoms with Crippen LogP contribution in [0.1, 0.15) is 27.8 Å². The van der Waals surface area contributed by atoms with Gasteiger partial charge in [-0.3, -0.25) is 0 Å². The van der Waals surface area contributed by atoms with Gasteiger partial charge in [0, 0.05) is 4.91 Å². The number of benzene rings is 5. The first-order chi connectivity index (χ1) is 37.0. The van der Waals surface area contributed by atoms with Gasteiger partial charge in [-0.25, -0.2) is 9.59 Å². The second-order valence-electron chi connectivity index (χ2n) is 17.4. The quantitative estimate of drug-likeness (QED) is 0.0137. The number of halogens is 3. The summed E-state index contributed by atoms with van der Waals surface area (Å²) in [6, 6.07) is 41.8. The number of alkyl halides is 3. The number of amides is 1. The Morgan fingerprint density at radius 3 is 1.67 bits per heavy atom. The zero-order chi connectivity index (χ0) is 53.5. The fourth-order valence-electron chi connectivity index (χ4n) is 8.27. The Balaban J connectivity index is 1.29.